The number of carbonyl (C=O) groups is 2. The number of hydrogen-bond donors (Lipinski definition) is 1. The Labute approximate surface area is 187 Å². The van der Waals surface area contributed by atoms with Crippen molar-refractivity contribution in [1.82, 2.24) is 4.90 Å². The van der Waals surface area contributed by atoms with Crippen LogP contribution in [-0.2, 0) is 14.3 Å². The minimum Gasteiger partial charge on any atom is -0.507 e. The summed E-state index contributed by atoms with van der Waals surface area (Å²) in [5, 5.41) is 10.9. The van der Waals surface area contributed by atoms with Gasteiger partial charge < -0.3 is 19.5 Å². The second kappa shape index (κ2) is 10.4. The van der Waals surface area contributed by atoms with E-state index in [1.807, 2.05) is 6.07 Å². The predicted molar refractivity (Wildman–Crippen MR) is 119 cm³/mol. The molecule has 0 bridgehead atoms. The van der Waals surface area contributed by atoms with Crippen LogP contribution in [0.1, 0.15) is 37.4 Å². The first kappa shape index (κ1) is 23.5. The van der Waals surface area contributed by atoms with Crippen molar-refractivity contribution in [3.05, 3.63) is 71.0 Å². The Hall–Kier alpha value is -3.19. The SMILES string of the molecule is COCCN1C(=O)C(=O)/C(=C(/O)c2ccc(F)cc2)C1c1cccc(OCCC(C)C)c1. The number of hydrogen-bond acceptors (Lipinski definition) is 5. The van der Waals surface area contributed by atoms with Crippen LogP contribution in [-0.4, -0.2) is 48.6 Å². The molecule has 170 valence electrons. The molecule has 1 atom stereocenters. The van der Waals surface area contributed by atoms with Crippen molar-refractivity contribution >= 4 is 17.4 Å². The molecule has 3 rings (SSSR count). The lowest BCUT2D eigenvalue weighted by Gasteiger charge is -2.25. The monoisotopic (exact) mass is 441 g/mol. The summed E-state index contributed by atoms with van der Waals surface area (Å²) in [6.45, 7) is 5.16. The highest BCUT2D eigenvalue weighted by molar-refractivity contribution is 6.46. The van der Waals surface area contributed by atoms with Crippen molar-refractivity contribution in [2.24, 2.45) is 5.92 Å². The van der Waals surface area contributed by atoms with Crippen molar-refractivity contribution in [1.29, 1.82) is 0 Å². The minimum absolute atomic E-state index is 0.0444. The molecule has 6 nitrogen and oxygen atoms in total. The quantitative estimate of drug-likeness (QED) is 0.356. The second-order valence-corrected chi connectivity index (χ2v) is 8.10. The number of aliphatic hydroxyl groups is 1. The van der Waals surface area contributed by atoms with Gasteiger partial charge in [0.05, 0.1) is 24.8 Å². The maximum absolute atomic E-state index is 13.4. The molecule has 1 amide bonds. The molecule has 1 heterocycles. The summed E-state index contributed by atoms with van der Waals surface area (Å²) in [5.74, 6) is -1.22. The fourth-order valence-corrected chi connectivity index (χ4v) is 3.60. The molecule has 1 N–H and O–H groups in total. The van der Waals surface area contributed by atoms with Gasteiger partial charge in [-0.15, -0.1) is 0 Å². The molecule has 1 fully saturated rings. The third-order valence-electron chi connectivity index (χ3n) is 5.33. The number of Topliss-reactive ketones (excluding diaryl/α,β-unsaturated/α-hetero) is 1. The van der Waals surface area contributed by atoms with Crippen LogP contribution in [0.3, 0.4) is 0 Å². The maximum Gasteiger partial charge on any atom is 0.295 e. The van der Waals surface area contributed by atoms with Crippen LogP contribution in [0.5, 0.6) is 5.75 Å². The Morgan fingerprint density at radius 2 is 1.84 bits per heavy atom. The summed E-state index contributed by atoms with van der Waals surface area (Å²) in [6.07, 6.45) is 0.890. The fourth-order valence-electron chi connectivity index (χ4n) is 3.60. The number of likely N-dealkylation sites (tertiary alicyclic amines) is 1. The summed E-state index contributed by atoms with van der Waals surface area (Å²) in [6, 6.07) is 11.5. The summed E-state index contributed by atoms with van der Waals surface area (Å²) < 4.78 is 24.3. The second-order valence-electron chi connectivity index (χ2n) is 8.10. The number of carbonyl (C=O) groups excluding carboxylic acids is 2. The van der Waals surface area contributed by atoms with Gasteiger partial charge in [-0.05, 0) is 54.3 Å². The van der Waals surface area contributed by atoms with Gasteiger partial charge in [0.1, 0.15) is 17.3 Å². The molecule has 7 heteroatoms. The van der Waals surface area contributed by atoms with Crippen LogP contribution >= 0.6 is 0 Å². The number of nitrogens with zero attached hydrogens (tertiary/aromatic N) is 1. The number of benzene rings is 2. The van der Waals surface area contributed by atoms with Crippen LogP contribution in [0.4, 0.5) is 4.39 Å². The lowest BCUT2D eigenvalue weighted by molar-refractivity contribution is -0.140. The van der Waals surface area contributed by atoms with Crippen molar-refractivity contribution < 1.29 is 28.6 Å². The molecule has 32 heavy (non-hydrogen) atoms. The van der Waals surface area contributed by atoms with Crippen LogP contribution in [0.25, 0.3) is 5.76 Å². The first-order valence-electron chi connectivity index (χ1n) is 10.6. The third kappa shape index (κ3) is 5.16. The summed E-state index contributed by atoms with van der Waals surface area (Å²) in [7, 11) is 1.51. The molecule has 0 aliphatic carbocycles. The highest BCUT2D eigenvalue weighted by Gasteiger charge is 2.46. The Balaban J connectivity index is 2.04. The standard InChI is InChI=1S/C25H28FNO5/c1-16(2)11-13-32-20-6-4-5-18(15-20)22-21(23(28)17-7-9-19(26)10-8-17)24(29)25(30)27(22)12-14-31-3/h4-10,15-16,22,28H,11-14H2,1-3H3/b23-21+. The number of ether oxygens (including phenoxy) is 2. The Morgan fingerprint density at radius 1 is 1.12 bits per heavy atom. The topological polar surface area (TPSA) is 76.1 Å². The number of amides is 1. The van der Waals surface area contributed by atoms with E-state index in [0.29, 0.717) is 23.8 Å². The van der Waals surface area contributed by atoms with Gasteiger partial charge in [-0.2, -0.15) is 0 Å². The molecule has 1 aliphatic rings. The van der Waals surface area contributed by atoms with Crippen molar-refractivity contribution in [2.75, 3.05) is 26.9 Å². The molecule has 0 aromatic heterocycles. The molecule has 0 saturated carbocycles. The van der Waals surface area contributed by atoms with E-state index in [2.05, 4.69) is 13.8 Å². The first-order chi connectivity index (χ1) is 15.3. The van der Waals surface area contributed by atoms with Gasteiger partial charge in [0.15, 0.2) is 0 Å². The third-order valence-corrected chi connectivity index (χ3v) is 5.33. The van der Waals surface area contributed by atoms with E-state index >= 15 is 0 Å². The van der Waals surface area contributed by atoms with Gasteiger partial charge in [-0.25, -0.2) is 4.39 Å². The van der Waals surface area contributed by atoms with E-state index in [1.54, 1.807) is 18.2 Å². The Morgan fingerprint density at radius 3 is 2.50 bits per heavy atom. The molecule has 0 radical (unpaired) electrons. The average Bonchev–Trinajstić information content (AvgIpc) is 3.02. The molecular weight excluding hydrogens is 413 g/mol. The molecule has 1 saturated heterocycles. The first-order valence-corrected chi connectivity index (χ1v) is 10.6. The van der Waals surface area contributed by atoms with Gasteiger partial charge in [0.2, 0.25) is 0 Å². The Bertz CT molecular complexity index is 1000. The zero-order valence-electron chi connectivity index (χ0n) is 18.5. The van der Waals surface area contributed by atoms with Crippen LogP contribution in [0, 0.1) is 11.7 Å². The van der Waals surface area contributed by atoms with E-state index in [9.17, 15) is 19.1 Å². The zero-order valence-corrected chi connectivity index (χ0v) is 18.5. The smallest absolute Gasteiger partial charge is 0.295 e. The lowest BCUT2D eigenvalue weighted by atomic mass is 9.95. The summed E-state index contributed by atoms with van der Waals surface area (Å²) in [4.78, 5) is 27.1. The van der Waals surface area contributed by atoms with Gasteiger partial charge in [0.25, 0.3) is 11.7 Å². The number of halogens is 1. The van der Waals surface area contributed by atoms with Gasteiger partial charge in [-0.3, -0.25) is 9.59 Å². The lowest BCUT2D eigenvalue weighted by Crippen LogP contribution is -2.32. The Kier molecular flexibility index (Phi) is 7.64. The molecule has 1 aliphatic heterocycles. The molecule has 2 aromatic carbocycles. The van der Waals surface area contributed by atoms with E-state index in [1.165, 1.54) is 36.3 Å². The highest BCUT2D eigenvalue weighted by Crippen LogP contribution is 2.40. The van der Waals surface area contributed by atoms with Crippen molar-refractivity contribution in [3.8, 4) is 5.75 Å². The average molecular weight is 441 g/mol. The molecule has 0 spiro atoms. The van der Waals surface area contributed by atoms with Crippen LogP contribution in [0.2, 0.25) is 0 Å². The van der Waals surface area contributed by atoms with Crippen LogP contribution < -0.4 is 4.74 Å². The number of ketones is 1. The number of aliphatic hydroxyl groups excluding tert-OH is 1. The normalized spacial score (nSPS) is 17.9. The van der Waals surface area contributed by atoms with E-state index < -0.39 is 23.5 Å². The largest absolute Gasteiger partial charge is 0.507 e. The summed E-state index contributed by atoms with van der Waals surface area (Å²) in [5.41, 5.74) is 0.841. The van der Waals surface area contributed by atoms with Crippen molar-refractivity contribution in [2.45, 2.75) is 26.3 Å². The highest BCUT2D eigenvalue weighted by atomic mass is 19.1. The maximum atomic E-state index is 13.4. The van der Waals surface area contributed by atoms with Gasteiger partial charge in [-0.1, -0.05) is 26.0 Å². The van der Waals surface area contributed by atoms with E-state index in [0.717, 1.165) is 6.42 Å². The fraction of sp³-hybridized carbons (Fsp3) is 0.360. The predicted octanol–water partition coefficient (Wildman–Crippen LogP) is 4.32. The van der Waals surface area contributed by atoms with Gasteiger partial charge in [0, 0.05) is 19.2 Å². The molecule has 2 aromatic rings. The van der Waals surface area contributed by atoms with E-state index in [-0.39, 0.29) is 30.0 Å². The summed E-state index contributed by atoms with van der Waals surface area (Å²) >= 11 is 0. The van der Waals surface area contributed by atoms with E-state index in [4.69, 9.17) is 9.47 Å². The molecule has 1 unspecified atom stereocenters. The minimum atomic E-state index is -0.816. The number of rotatable bonds is 9. The van der Waals surface area contributed by atoms with Crippen molar-refractivity contribution in [3.63, 3.8) is 0 Å². The molecular formula is C25H28FNO5. The van der Waals surface area contributed by atoms with Gasteiger partial charge >= 0.3 is 0 Å². The van der Waals surface area contributed by atoms with Crippen LogP contribution in [0.15, 0.2) is 54.1 Å². The zero-order chi connectivity index (χ0) is 23.3. The number of methoxy groups -OCH3 is 1.